The fourth-order valence-electron chi connectivity index (χ4n) is 2.48. The summed E-state index contributed by atoms with van der Waals surface area (Å²) < 4.78 is 5.86. The number of halogens is 1. The smallest absolute Gasteiger partial charge is 0.230 e. The van der Waals surface area contributed by atoms with Gasteiger partial charge in [0.25, 0.3) is 0 Å². The maximum absolute atomic E-state index is 11.9. The summed E-state index contributed by atoms with van der Waals surface area (Å²) >= 11 is 7.67. The zero-order valence-electron chi connectivity index (χ0n) is 15.5. The van der Waals surface area contributed by atoms with Gasteiger partial charge in [-0.15, -0.1) is 11.8 Å². The molecule has 0 atom stereocenters. The molecule has 0 saturated heterocycles. The maximum Gasteiger partial charge on any atom is 0.230 e. The Labute approximate surface area is 165 Å². The van der Waals surface area contributed by atoms with E-state index in [2.05, 4.69) is 32.2 Å². The van der Waals surface area contributed by atoms with E-state index >= 15 is 0 Å². The number of thioether (sulfide) groups is 1. The van der Waals surface area contributed by atoms with Crippen LogP contribution in [0.15, 0.2) is 48.5 Å². The average molecular weight is 392 g/mol. The van der Waals surface area contributed by atoms with Crippen molar-refractivity contribution in [2.45, 2.75) is 31.9 Å². The number of ether oxygens (including phenoxy) is 1. The lowest BCUT2D eigenvalue weighted by molar-refractivity contribution is -0.118. The minimum Gasteiger partial charge on any atom is -0.491 e. The minimum absolute atomic E-state index is 0.00904. The number of carbonyl (C=O) groups excluding carboxylic acids is 1. The molecule has 0 fully saturated rings. The van der Waals surface area contributed by atoms with Crippen molar-refractivity contribution in [3.05, 3.63) is 64.7 Å². The Morgan fingerprint density at radius 1 is 1.12 bits per heavy atom. The Bertz CT molecular complexity index is 728. The van der Waals surface area contributed by atoms with Crippen LogP contribution < -0.4 is 10.1 Å². The number of rotatable bonds is 8. The predicted octanol–water partition coefficient (Wildman–Crippen LogP) is 5.07. The molecule has 3 nitrogen and oxygen atoms in total. The van der Waals surface area contributed by atoms with Gasteiger partial charge in [-0.25, -0.2) is 0 Å². The first-order chi connectivity index (χ1) is 12.4. The van der Waals surface area contributed by atoms with Crippen molar-refractivity contribution in [1.82, 2.24) is 5.32 Å². The van der Waals surface area contributed by atoms with Crippen LogP contribution in [0.4, 0.5) is 0 Å². The summed E-state index contributed by atoms with van der Waals surface area (Å²) in [5.41, 5.74) is 2.24. The number of benzene rings is 2. The van der Waals surface area contributed by atoms with Crippen LogP contribution in [-0.2, 0) is 16.0 Å². The fraction of sp³-hybridized carbons (Fsp3) is 0.381. The van der Waals surface area contributed by atoms with E-state index in [0.717, 1.165) is 22.1 Å². The molecule has 0 spiro atoms. The number of para-hydroxylation sites is 1. The van der Waals surface area contributed by atoms with Gasteiger partial charge in [-0.05, 0) is 28.7 Å². The third kappa shape index (κ3) is 6.58. The molecule has 140 valence electrons. The highest BCUT2D eigenvalue weighted by Gasteiger charge is 2.18. The molecule has 0 bridgehead atoms. The Balaban J connectivity index is 1.69. The maximum atomic E-state index is 11.9. The van der Waals surface area contributed by atoms with Gasteiger partial charge < -0.3 is 10.1 Å². The first-order valence-electron chi connectivity index (χ1n) is 8.68. The Morgan fingerprint density at radius 2 is 1.81 bits per heavy atom. The lowest BCUT2D eigenvalue weighted by Crippen LogP contribution is -2.29. The second kappa shape index (κ2) is 9.89. The molecule has 2 rings (SSSR count). The predicted molar refractivity (Wildman–Crippen MR) is 111 cm³/mol. The minimum atomic E-state index is 0.00904. The third-order valence-electron chi connectivity index (χ3n) is 3.83. The van der Waals surface area contributed by atoms with Crippen molar-refractivity contribution < 1.29 is 9.53 Å². The SMILES string of the molecule is CC(C)(C)c1ccccc1OCCNC(=O)CSCc1ccccc1Cl. The summed E-state index contributed by atoms with van der Waals surface area (Å²) in [4.78, 5) is 11.9. The van der Waals surface area contributed by atoms with Crippen LogP contribution in [0.1, 0.15) is 31.9 Å². The van der Waals surface area contributed by atoms with Gasteiger partial charge in [-0.2, -0.15) is 0 Å². The summed E-state index contributed by atoms with van der Waals surface area (Å²) in [5.74, 6) is 2.02. The molecule has 26 heavy (non-hydrogen) atoms. The van der Waals surface area contributed by atoms with Crippen LogP contribution in [0.25, 0.3) is 0 Å². The standard InChI is InChI=1S/C21H26ClNO2S/c1-21(2,3)17-9-5-7-11-19(17)25-13-12-23-20(24)15-26-14-16-8-4-6-10-18(16)22/h4-11H,12-15H2,1-3H3,(H,23,24). The second-order valence-electron chi connectivity index (χ2n) is 7.03. The second-order valence-corrected chi connectivity index (χ2v) is 8.42. The highest BCUT2D eigenvalue weighted by molar-refractivity contribution is 7.99. The van der Waals surface area contributed by atoms with Crippen molar-refractivity contribution in [3.8, 4) is 5.75 Å². The lowest BCUT2D eigenvalue weighted by atomic mass is 9.86. The molecule has 1 amide bonds. The summed E-state index contributed by atoms with van der Waals surface area (Å²) in [6.45, 7) is 7.42. The van der Waals surface area contributed by atoms with Crippen LogP contribution >= 0.6 is 23.4 Å². The van der Waals surface area contributed by atoms with Crippen LogP contribution in [0.2, 0.25) is 5.02 Å². The van der Waals surface area contributed by atoms with E-state index in [1.54, 1.807) is 11.8 Å². The van der Waals surface area contributed by atoms with Crippen molar-refractivity contribution >= 4 is 29.3 Å². The fourth-order valence-corrected chi connectivity index (χ4v) is 3.63. The Hall–Kier alpha value is -1.65. The van der Waals surface area contributed by atoms with Crippen LogP contribution in [0.3, 0.4) is 0 Å². The van der Waals surface area contributed by atoms with Crippen molar-refractivity contribution in [1.29, 1.82) is 0 Å². The average Bonchev–Trinajstić information content (AvgIpc) is 2.60. The van der Waals surface area contributed by atoms with E-state index in [0.29, 0.717) is 18.9 Å². The molecule has 0 aromatic heterocycles. The van der Waals surface area contributed by atoms with E-state index in [-0.39, 0.29) is 11.3 Å². The molecule has 0 aliphatic rings. The van der Waals surface area contributed by atoms with Crippen LogP contribution in [0, 0.1) is 0 Å². The van der Waals surface area contributed by atoms with Crippen LogP contribution in [0.5, 0.6) is 5.75 Å². The molecule has 0 aliphatic heterocycles. The number of amides is 1. The topological polar surface area (TPSA) is 38.3 Å². The van der Waals surface area contributed by atoms with Crippen LogP contribution in [-0.4, -0.2) is 24.8 Å². The number of hydrogen-bond donors (Lipinski definition) is 1. The first kappa shape index (κ1) is 20.7. The number of nitrogens with one attached hydrogen (secondary N) is 1. The molecule has 1 N–H and O–H groups in total. The summed E-state index contributed by atoms with van der Waals surface area (Å²) in [6, 6.07) is 15.7. The van der Waals surface area contributed by atoms with Crippen molar-refractivity contribution in [2.75, 3.05) is 18.9 Å². The molecule has 0 saturated carbocycles. The summed E-state index contributed by atoms with van der Waals surface area (Å²) in [7, 11) is 0. The summed E-state index contributed by atoms with van der Waals surface area (Å²) in [5, 5.41) is 3.64. The molecule has 5 heteroatoms. The molecular formula is C21H26ClNO2S. The normalized spacial score (nSPS) is 11.2. The quantitative estimate of drug-likeness (QED) is 0.638. The van der Waals surface area contributed by atoms with Gasteiger partial charge >= 0.3 is 0 Å². The van der Waals surface area contributed by atoms with Gasteiger partial charge in [0, 0.05) is 10.8 Å². The zero-order chi connectivity index (χ0) is 19.0. The number of carbonyl (C=O) groups is 1. The number of hydrogen-bond acceptors (Lipinski definition) is 3. The van der Waals surface area contributed by atoms with E-state index < -0.39 is 0 Å². The Kier molecular flexibility index (Phi) is 7.85. The van der Waals surface area contributed by atoms with Crippen molar-refractivity contribution in [3.63, 3.8) is 0 Å². The molecular weight excluding hydrogens is 366 g/mol. The van der Waals surface area contributed by atoms with E-state index in [9.17, 15) is 4.79 Å². The van der Waals surface area contributed by atoms with E-state index in [1.165, 1.54) is 5.56 Å². The molecule has 0 aliphatic carbocycles. The van der Waals surface area contributed by atoms with Gasteiger partial charge in [0.05, 0.1) is 12.3 Å². The monoisotopic (exact) mass is 391 g/mol. The van der Waals surface area contributed by atoms with Gasteiger partial charge in [0.15, 0.2) is 0 Å². The van der Waals surface area contributed by atoms with E-state index in [1.807, 2.05) is 42.5 Å². The molecule has 0 heterocycles. The highest BCUT2D eigenvalue weighted by Crippen LogP contribution is 2.30. The molecule has 2 aromatic rings. The lowest BCUT2D eigenvalue weighted by Gasteiger charge is -2.22. The Morgan fingerprint density at radius 3 is 2.54 bits per heavy atom. The van der Waals surface area contributed by atoms with Gasteiger partial charge in [-0.3, -0.25) is 4.79 Å². The van der Waals surface area contributed by atoms with Crippen molar-refractivity contribution in [2.24, 2.45) is 0 Å². The highest BCUT2D eigenvalue weighted by atomic mass is 35.5. The first-order valence-corrected chi connectivity index (χ1v) is 10.2. The van der Waals surface area contributed by atoms with Gasteiger partial charge in [0.1, 0.15) is 12.4 Å². The molecule has 0 radical (unpaired) electrons. The van der Waals surface area contributed by atoms with Gasteiger partial charge in [0.2, 0.25) is 5.91 Å². The van der Waals surface area contributed by atoms with E-state index in [4.69, 9.17) is 16.3 Å². The zero-order valence-corrected chi connectivity index (χ0v) is 17.1. The molecule has 0 unspecified atom stereocenters. The summed E-state index contributed by atoms with van der Waals surface area (Å²) in [6.07, 6.45) is 0. The molecule has 2 aromatic carbocycles. The largest absolute Gasteiger partial charge is 0.491 e. The third-order valence-corrected chi connectivity index (χ3v) is 5.18. The van der Waals surface area contributed by atoms with Gasteiger partial charge in [-0.1, -0.05) is 68.8 Å².